The van der Waals surface area contributed by atoms with E-state index in [0.717, 1.165) is 5.56 Å². The lowest BCUT2D eigenvalue weighted by Crippen LogP contribution is -2.28. The minimum Gasteiger partial charge on any atom is -0.497 e. The summed E-state index contributed by atoms with van der Waals surface area (Å²) < 4.78 is 10.6. The van der Waals surface area contributed by atoms with Gasteiger partial charge in [0.25, 0.3) is 11.8 Å². The summed E-state index contributed by atoms with van der Waals surface area (Å²) in [5, 5.41) is 2.77. The molecule has 0 fully saturated rings. The van der Waals surface area contributed by atoms with Crippen molar-refractivity contribution in [2.45, 2.75) is 6.54 Å². The van der Waals surface area contributed by atoms with Gasteiger partial charge in [0.15, 0.2) is 6.61 Å². The fourth-order valence-corrected chi connectivity index (χ4v) is 2.92. The molecule has 3 aromatic carbocycles. The van der Waals surface area contributed by atoms with Crippen LogP contribution in [0, 0.1) is 0 Å². The molecule has 30 heavy (non-hydrogen) atoms. The van der Waals surface area contributed by atoms with Gasteiger partial charge in [0.05, 0.1) is 18.4 Å². The number of hydrogen-bond donors (Lipinski definition) is 1. The molecule has 0 atom stereocenters. The average molecular weight is 404 g/mol. The number of amides is 2. The molecule has 0 unspecified atom stereocenters. The van der Waals surface area contributed by atoms with Gasteiger partial charge >= 0.3 is 0 Å². The Bertz CT molecular complexity index is 988. The van der Waals surface area contributed by atoms with E-state index < -0.39 is 0 Å². The normalized spacial score (nSPS) is 10.2. The lowest BCUT2D eigenvalue weighted by atomic mass is 10.1. The first-order chi connectivity index (χ1) is 14.6. The van der Waals surface area contributed by atoms with Gasteiger partial charge in [0.1, 0.15) is 11.5 Å². The van der Waals surface area contributed by atoms with Gasteiger partial charge in [-0.2, -0.15) is 0 Å². The Kier molecular flexibility index (Phi) is 7.05. The number of para-hydroxylation sites is 1. The Morgan fingerprint density at radius 1 is 0.867 bits per heavy atom. The summed E-state index contributed by atoms with van der Waals surface area (Å²) in [7, 11) is 3.32. The van der Waals surface area contributed by atoms with Crippen LogP contribution < -0.4 is 14.8 Å². The first kappa shape index (κ1) is 20.9. The number of nitrogens with one attached hydrogen (secondary N) is 1. The lowest BCUT2D eigenvalue weighted by Gasteiger charge is -2.19. The molecule has 0 aliphatic carbocycles. The quantitative estimate of drug-likeness (QED) is 0.617. The van der Waals surface area contributed by atoms with Crippen molar-refractivity contribution in [2.75, 3.05) is 26.1 Å². The van der Waals surface area contributed by atoms with Crippen molar-refractivity contribution in [3.05, 3.63) is 90.0 Å². The third-order valence-electron chi connectivity index (χ3n) is 4.47. The van der Waals surface area contributed by atoms with Gasteiger partial charge in [-0.15, -0.1) is 0 Å². The van der Waals surface area contributed by atoms with E-state index in [2.05, 4.69) is 5.32 Å². The highest BCUT2D eigenvalue weighted by atomic mass is 16.5. The topological polar surface area (TPSA) is 67.9 Å². The van der Waals surface area contributed by atoms with Crippen molar-refractivity contribution in [1.82, 2.24) is 4.90 Å². The molecule has 0 heterocycles. The van der Waals surface area contributed by atoms with Crippen LogP contribution in [0.15, 0.2) is 78.9 Å². The maximum absolute atomic E-state index is 12.9. The van der Waals surface area contributed by atoms with Crippen molar-refractivity contribution < 1.29 is 19.1 Å². The Balaban J connectivity index is 1.62. The van der Waals surface area contributed by atoms with Gasteiger partial charge in [-0.3, -0.25) is 9.59 Å². The number of nitrogens with zero attached hydrogens (tertiary/aromatic N) is 1. The highest BCUT2D eigenvalue weighted by Crippen LogP contribution is 2.19. The van der Waals surface area contributed by atoms with Gasteiger partial charge in [-0.25, -0.2) is 0 Å². The second kappa shape index (κ2) is 10.1. The largest absolute Gasteiger partial charge is 0.497 e. The minimum atomic E-state index is -0.350. The van der Waals surface area contributed by atoms with Gasteiger partial charge in [-0.05, 0) is 42.0 Å². The molecule has 154 valence electrons. The Morgan fingerprint density at radius 3 is 2.20 bits per heavy atom. The number of rotatable bonds is 8. The summed E-state index contributed by atoms with van der Waals surface area (Å²) in [5.41, 5.74) is 1.90. The van der Waals surface area contributed by atoms with E-state index in [9.17, 15) is 9.59 Å². The molecule has 0 aromatic heterocycles. The molecule has 2 amide bonds. The summed E-state index contributed by atoms with van der Waals surface area (Å²) in [6.07, 6.45) is 0. The molecule has 0 radical (unpaired) electrons. The maximum Gasteiger partial charge on any atom is 0.262 e. The molecule has 0 bridgehead atoms. The molecule has 0 aliphatic heterocycles. The van der Waals surface area contributed by atoms with Gasteiger partial charge in [-0.1, -0.05) is 42.5 Å². The molecule has 0 aliphatic rings. The zero-order valence-electron chi connectivity index (χ0n) is 17.0. The smallest absolute Gasteiger partial charge is 0.262 e. The van der Waals surface area contributed by atoms with E-state index in [4.69, 9.17) is 9.47 Å². The van der Waals surface area contributed by atoms with Crippen molar-refractivity contribution in [3.8, 4) is 11.5 Å². The number of hydrogen-bond acceptors (Lipinski definition) is 4. The van der Waals surface area contributed by atoms with Crippen LogP contribution in [-0.4, -0.2) is 37.5 Å². The second-order valence-corrected chi connectivity index (χ2v) is 6.70. The van der Waals surface area contributed by atoms with E-state index in [1.54, 1.807) is 67.6 Å². The van der Waals surface area contributed by atoms with Crippen LogP contribution in [-0.2, 0) is 11.3 Å². The molecule has 0 saturated heterocycles. The van der Waals surface area contributed by atoms with E-state index >= 15 is 0 Å². The Labute approximate surface area is 176 Å². The van der Waals surface area contributed by atoms with Crippen molar-refractivity contribution in [2.24, 2.45) is 0 Å². The van der Waals surface area contributed by atoms with Crippen LogP contribution in [0.3, 0.4) is 0 Å². The minimum absolute atomic E-state index is 0.172. The molecular weight excluding hydrogens is 380 g/mol. The summed E-state index contributed by atoms with van der Waals surface area (Å²) in [6.45, 7) is 0.303. The van der Waals surface area contributed by atoms with Gasteiger partial charge < -0.3 is 19.7 Å². The number of carbonyl (C=O) groups excluding carboxylic acids is 2. The van der Waals surface area contributed by atoms with Crippen LogP contribution in [0.25, 0.3) is 0 Å². The molecular formula is C24H24N2O4. The SMILES string of the molecule is COc1ccc(OCC(=O)Nc2ccccc2C(=O)N(C)Cc2ccccc2)cc1. The lowest BCUT2D eigenvalue weighted by molar-refractivity contribution is -0.118. The van der Waals surface area contributed by atoms with Crippen molar-refractivity contribution in [1.29, 1.82) is 0 Å². The van der Waals surface area contributed by atoms with E-state index in [0.29, 0.717) is 29.3 Å². The summed E-state index contributed by atoms with van der Waals surface area (Å²) >= 11 is 0. The first-order valence-electron chi connectivity index (χ1n) is 9.52. The predicted octanol–water partition coefficient (Wildman–Crippen LogP) is 3.98. The fraction of sp³-hybridized carbons (Fsp3) is 0.167. The van der Waals surface area contributed by atoms with Gasteiger partial charge in [0, 0.05) is 13.6 Å². The summed E-state index contributed by atoms with van der Waals surface area (Å²) in [6, 6.07) is 23.6. The molecule has 6 heteroatoms. The average Bonchev–Trinajstić information content (AvgIpc) is 2.78. The van der Waals surface area contributed by atoms with Crippen molar-refractivity contribution in [3.63, 3.8) is 0 Å². The Morgan fingerprint density at radius 2 is 1.50 bits per heavy atom. The highest BCUT2D eigenvalue weighted by molar-refractivity contribution is 6.03. The molecule has 6 nitrogen and oxygen atoms in total. The number of anilines is 1. The predicted molar refractivity (Wildman–Crippen MR) is 116 cm³/mol. The highest BCUT2D eigenvalue weighted by Gasteiger charge is 2.17. The number of methoxy groups -OCH3 is 1. The molecule has 0 spiro atoms. The standard InChI is InChI=1S/C24H24N2O4/c1-26(16-18-8-4-3-5-9-18)24(28)21-10-6-7-11-22(21)25-23(27)17-30-20-14-12-19(29-2)13-15-20/h3-15H,16-17H2,1-2H3,(H,25,27). The number of benzene rings is 3. The zero-order valence-corrected chi connectivity index (χ0v) is 17.0. The molecule has 1 N–H and O–H groups in total. The van der Waals surface area contributed by atoms with Crippen LogP contribution in [0.5, 0.6) is 11.5 Å². The molecule has 3 aromatic rings. The third-order valence-corrected chi connectivity index (χ3v) is 4.47. The fourth-order valence-electron chi connectivity index (χ4n) is 2.92. The molecule has 3 rings (SSSR count). The molecule has 0 saturated carbocycles. The monoisotopic (exact) mass is 404 g/mol. The third kappa shape index (κ3) is 5.61. The zero-order chi connectivity index (χ0) is 21.3. The number of ether oxygens (including phenoxy) is 2. The van der Waals surface area contributed by atoms with Gasteiger partial charge in [0.2, 0.25) is 0 Å². The van der Waals surface area contributed by atoms with E-state index in [1.807, 2.05) is 30.3 Å². The second-order valence-electron chi connectivity index (χ2n) is 6.70. The van der Waals surface area contributed by atoms with Crippen LogP contribution in [0.1, 0.15) is 15.9 Å². The van der Waals surface area contributed by atoms with E-state index in [1.165, 1.54) is 0 Å². The van der Waals surface area contributed by atoms with Crippen LogP contribution in [0.2, 0.25) is 0 Å². The number of carbonyl (C=O) groups is 2. The van der Waals surface area contributed by atoms with E-state index in [-0.39, 0.29) is 18.4 Å². The maximum atomic E-state index is 12.9. The summed E-state index contributed by atoms with van der Waals surface area (Å²) in [5.74, 6) is 0.736. The Hall–Kier alpha value is -3.80. The van der Waals surface area contributed by atoms with Crippen LogP contribution in [0.4, 0.5) is 5.69 Å². The summed E-state index contributed by atoms with van der Waals surface area (Å²) in [4.78, 5) is 26.9. The first-order valence-corrected chi connectivity index (χ1v) is 9.52. The van der Waals surface area contributed by atoms with Crippen LogP contribution >= 0.6 is 0 Å². The van der Waals surface area contributed by atoms with Crippen molar-refractivity contribution >= 4 is 17.5 Å².